The minimum atomic E-state index is -0.744. The fourth-order valence-electron chi connectivity index (χ4n) is 3.50. The van der Waals surface area contributed by atoms with Crippen LogP contribution in [0.2, 0.25) is 0 Å². The maximum Gasteiger partial charge on any atom is 0.342 e. The van der Waals surface area contributed by atoms with Crippen LogP contribution in [0.5, 0.6) is 17.2 Å². The van der Waals surface area contributed by atoms with Crippen molar-refractivity contribution in [2.75, 3.05) is 26.4 Å². The van der Waals surface area contributed by atoms with Crippen molar-refractivity contribution in [2.45, 2.75) is 13.5 Å². The molecule has 1 amide bonds. The minimum Gasteiger partial charge on any atom is -0.506 e. The molecule has 0 bridgehead atoms. The van der Waals surface area contributed by atoms with Gasteiger partial charge in [-0.3, -0.25) is 4.79 Å². The second-order valence-electron chi connectivity index (χ2n) is 7.14. The maximum absolute atomic E-state index is 12.6. The van der Waals surface area contributed by atoms with Gasteiger partial charge in [-0.05, 0) is 36.1 Å². The number of aromatic hydroxyl groups is 1. The number of phenolic OH excluding ortho intramolecular Hbond substituents is 1. The van der Waals surface area contributed by atoms with Gasteiger partial charge >= 0.3 is 5.97 Å². The third kappa shape index (κ3) is 4.40. The number of hydrogen-bond acceptors (Lipinski definition) is 6. The molecular formula is C24H23NO6. The van der Waals surface area contributed by atoms with Gasteiger partial charge in [-0.25, -0.2) is 4.79 Å². The van der Waals surface area contributed by atoms with E-state index in [-0.39, 0.29) is 17.2 Å². The largest absolute Gasteiger partial charge is 0.506 e. The lowest BCUT2D eigenvalue weighted by atomic mass is 10.1. The fraction of sp³-hybridized carbons (Fsp3) is 0.250. The Balaban J connectivity index is 1.40. The van der Waals surface area contributed by atoms with E-state index in [1.807, 2.05) is 37.3 Å². The molecule has 0 fully saturated rings. The van der Waals surface area contributed by atoms with Crippen molar-refractivity contribution in [3.63, 3.8) is 0 Å². The van der Waals surface area contributed by atoms with Gasteiger partial charge in [-0.1, -0.05) is 36.4 Å². The zero-order valence-corrected chi connectivity index (χ0v) is 17.2. The van der Waals surface area contributed by atoms with Crippen molar-refractivity contribution in [3.8, 4) is 17.2 Å². The molecule has 160 valence electrons. The van der Waals surface area contributed by atoms with Crippen LogP contribution in [0.3, 0.4) is 0 Å². The summed E-state index contributed by atoms with van der Waals surface area (Å²) < 4.78 is 16.3. The molecule has 0 saturated carbocycles. The van der Waals surface area contributed by atoms with Crippen LogP contribution >= 0.6 is 0 Å². The van der Waals surface area contributed by atoms with E-state index in [2.05, 4.69) is 0 Å². The van der Waals surface area contributed by atoms with Crippen molar-refractivity contribution in [2.24, 2.45) is 0 Å². The number of benzene rings is 3. The molecule has 3 aromatic rings. The van der Waals surface area contributed by atoms with E-state index in [1.54, 1.807) is 23.1 Å². The molecule has 1 heterocycles. The first kappa shape index (κ1) is 20.5. The van der Waals surface area contributed by atoms with Crippen LogP contribution in [0, 0.1) is 0 Å². The number of amides is 1. The average Bonchev–Trinajstić information content (AvgIpc) is 2.81. The predicted molar refractivity (Wildman–Crippen MR) is 114 cm³/mol. The molecule has 0 unspecified atom stereocenters. The van der Waals surface area contributed by atoms with E-state index in [9.17, 15) is 14.7 Å². The molecule has 1 N–H and O–H groups in total. The van der Waals surface area contributed by atoms with Gasteiger partial charge in [0.25, 0.3) is 5.91 Å². The van der Waals surface area contributed by atoms with Gasteiger partial charge in [0.05, 0.1) is 0 Å². The topological polar surface area (TPSA) is 85.3 Å². The summed E-state index contributed by atoms with van der Waals surface area (Å²) in [5.41, 5.74) is 0.916. The monoisotopic (exact) mass is 421 g/mol. The molecule has 0 saturated heterocycles. The number of carbonyl (C=O) groups is 2. The van der Waals surface area contributed by atoms with E-state index in [0.29, 0.717) is 43.2 Å². The molecule has 0 aromatic heterocycles. The Bertz CT molecular complexity index is 1130. The highest BCUT2D eigenvalue weighted by Gasteiger charge is 2.20. The minimum absolute atomic E-state index is 0.0291. The van der Waals surface area contributed by atoms with Crippen LogP contribution in [0.1, 0.15) is 22.8 Å². The van der Waals surface area contributed by atoms with Crippen LogP contribution in [0.25, 0.3) is 10.8 Å². The molecule has 0 aliphatic carbocycles. The molecule has 31 heavy (non-hydrogen) atoms. The number of fused-ring (bicyclic) bond motifs is 2. The molecule has 7 nitrogen and oxygen atoms in total. The first-order valence-corrected chi connectivity index (χ1v) is 10.1. The molecule has 0 radical (unpaired) electrons. The van der Waals surface area contributed by atoms with Gasteiger partial charge in [-0.15, -0.1) is 0 Å². The summed E-state index contributed by atoms with van der Waals surface area (Å²) >= 11 is 0. The summed E-state index contributed by atoms with van der Waals surface area (Å²) in [6.07, 6.45) is 0. The highest BCUT2D eigenvalue weighted by atomic mass is 16.6. The van der Waals surface area contributed by atoms with Gasteiger partial charge in [0.1, 0.15) is 24.5 Å². The second kappa shape index (κ2) is 8.95. The lowest BCUT2D eigenvalue weighted by Crippen LogP contribution is -2.34. The second-order valence-corrected chi connectivity index (χ2v) is 7.14. The summed E-state index contributed by atoms with van der Waals surface area (Å²) in [4.78, 5) is 26.7. The lowest BCUT2D eigenvalue weighted by molar-refractivity contribution is -0.134. The Morgan fingerprint density at radius 3 is 2.61 bits per heavy atom. The summed E-state index contributed by atoms with van der Waals surface area (Å²) in [5.74, 6) is 0.121. The van der Waals surface area contributed by atoms with Crippen LogP contribution in [0.4, 0.5) is 0 Å². The molecule has 1 aliphatic rings. The standard InChI is InChI=1S/C24H23NO6/c1-2-25(14-16-7-10-20-21(13-16)30-12-11-29-20)22(26)15-31-24(28)19-9-8-17-5-3-4-6-18(17)23(19)27/h3-10,13,27H,2,11-12,14-15H2,1H3. The molecular weight excluding hydrogens is 398 g/mol. The third-order valence-electron chi connectivity index (χ3n) is 5.16. The Morgan fingerprint density at radius 2 is 1.81 bits per heavy atom. The van der Waals surface area contributed by atoms with Crippen molar-refractivity contribution in [3.05, 3.63) is 65.7 Å². The van der Waals surface area contributed by atoms with Gasteiger partial charge in [0.2, 0.25) is 0 Å². The number of phenols is 1. The highest BCUT2D eigenvalue weighted by Crippen LogP contribution is 2.31. The van der Waals surface area contributed by atoms with Crippen LogP contribution < -0.4 is 9.47 Å². The van der Waals surface area contributed by atoms with Crippen molar-refractivity contribution >= 4 is 22.6 Å². The van der Waals surface area contributed by atoms with E-state index in [0.717, 1.165) is 10.9 Å². The molecule has 0 spiro atoms. The van der Waals surface area contributed by atoms with Gasteiger partial charge in [0.15, 0.2) is 18.1 Å². The quantitative estimate of drug-likeness (QED) is 0.613. The number of nitrogens with zero attached hydrogens (tertiary/aromatic N) is 1. The maximum atomic E-state index is 12.6. The molecule has 1 aliphatic heterocycles. The zero-order chi connectivity index (χ0) is 21.8. The number of esters is 1. The number of rotatable bonds is 6. The van der Waals surface area contributed by atoms with Gasteiger partial charge in [-0.2, -0.15) is 0 Å². The SMILES string of the molecule is CCN(Cc1ccc2c(c1)OCCO2)C(=O)COC(=O)c1ccc2ccccc2c1O. The Morgan fingerprint density at radius 1 is 1.03 bits per heavy atom. The Labute approximate surface area is 179 Å². The Hall–Kier alpha value is -3.74. The van der Waals surface area contributed by atoms with E-state index in [4.69, 9.17) is 14.2 Å². The summed E-state index contributed by atoms with van der Waals surface area (Å²) in [6.45, 7) is 3.25. The molecule has 0 atom stereocenters. The van der Waals surface area contributed by atoms with E-state index < -0.39 is 12.6 Å². The van der Waals surface area contributed by atoms with Gasteiger partial charge < -0.3 is 24.2 Å². The summed E-state index contributed by atoms with van der Waals surface area (Å²) in [6, 6.07) is 16.0. The van der Waals surface area contributed by atoms with Crippen molar-refractivity contribution in [1.29, 1.82) is 0 Å². The lowest BCUT2D eigenvalue weighted by Gasteiger charge is -2.23. The first-order valence-electron chi connectivity index (χ1n) is 10.1. The zero-order valence-electron chi connectivity index (χ0n) is 17.2. The summed E-state index contributed by atoms with van der Waals surface area (Å²) in [5, 5.41) is 11.8. The van der Waals surface area contributed by atoms with Crippen LogP contribution in [0.15, 0.2) is 54.6 Å². The fourth-order valence-corrected chi connectivity index (χ4v) is 3.50. The molecule has 4 rings (SSSR count). The Kier molecular flexibility index (Phi) is 5.93. The van der Waals surface area contributed by atoms with Crippen molar-refractivity contribution < 1.29 is 28.9 Å². The predicted octanol–water partition coefficient (Wildman–Crippen LogP) is 3.52. The number of likely N-dealkylation sites (N-methyl/N-ethyl adjacent to an activating group) is 1. The highest BCUT2D eigenvalue weighted by molar-refractivity contribution is 6.01. The van der Waals surface area contributed by atoms with Crippen molar-refractivity contribution in [1.82, 2.24) is 4.90 Å². The number of ether oxygens (including phenoxy) is 3. The molecule has 7 heteroatoms. The van der Waals surface area contributed by atoms with E-state index >= 15 is 0 Å². The first-order chi connectivity index (χ1) is 15.1. The summed E-state index contributed by atoms with van der Waals surface area (Å²) in [7, 11) is 0. The normalized spacial score (nSPS) is 12.4. The van der Waals surface area contributed by atoms with Gasteiger partial charge in [0, 0.05) is 18.5 Å². The van der Waals surface area contributed by atoms with Crippen LogP contribution in [-0.2, 0) is 16.1 Å². The third-order valence-corrected chi connectivity index (χ3v) is 5.16. The van der Waals surface area contributed by atoms with E-state index in [1.165, 1.54) is 6.07 Å². The number of carbonyl (C=O) groups excluding carboxylic acids is 2. The van der Waals surface area contributed by atoms with Crippen LogP contribution in [-0.4, -0.2) is 48.2 Å². The average molecular weight is 421 g/mol. The molecule has 3 aromatic carbocycles. The smallest absolute Gasteiger partial charge is 0.342 e. The number of hydrogen-bond donors (Lipinski definition) is 1.